The number of ether oxygens (including phenoxy) is 2. The van der Waals surface area contributed by atoms with Crippen molar-refractivity contribution in [1.82, 2.24) is 14.8 Å². The number of methoxy groups -OCH3 is 1. The molecular weight excluding hydrogens is 526 g/mol. The lowest BCUT2D eigenvalue weighted by atomic mass is 10.2. The van der Waals surface area contributed by atoms with E-state index in [0.29, 0.717) is 29.0 Å². The molecule has 0 aliphatic heterocycles. The first-order valence-corrected chi connectivity index (χ1v) is 10.9. The summed E-state index contributed by atoms with van der Waals surface area (Å²) in [6.45, 7) is 2.43. The van der Waals surface area contributed by atoms with Crippen LogP contribution in [-0.2, 0) is 11.3 Å². The third-order valence-electron chi connectivity index (χ3n) is 4.77. The molecule has 1 N–H and O–H groups in total. The highest BCUT2D eigenvalue weighted by atomic mass is 127. The lowest BCUT2D eigenvalue weighted by Gasteiger charge is -2.06. The maximum absolute atomic E-state index is 14.5. The minimum absolute atomic E-state index is 0.257. The number of carbonyl (C=O) groups excluding carboxylic acids is 1. The molecule has 4 aromatic rings. The number of benzene rings is 2. The second-order valence-corrected chi connectivity index (χ2v) is 8.16. The lowest BCUT2D eigenvalue weighted by molar-refractivity contribution is 0.0526. The quantitative estimate of drug-likeness (QED) is 0.255. The Balaban J connectivity index is 1.76. The molecule has 0 bridgehead atoms. The first-order valence-electron chi connectivity index (χ1n) is 9.87. The van der Waals surface area contributed by atoms with Crippen LogP contribution < -0.4 is 10.1 Å². The highest BCUT2D eigenvalue weighted by molar-refractivity contribution is 14.1. The van der Waals surface area contributed by atoms with E-state index in [0.717, 1.165) is 14.9 Å². The van der Waals surface area contributed by atoms with E-state index in [1.807, 2.05) is 24.3 Å². The number of nitrogens with zero attached hydrogens (tertiary/aromatic N) is 3. The first kappa shape index (κ1) is 22.0. The van der Waals surface area contributed by atoms with E-state index in [9.17, 15) is 9.18 Å². The fraction of sp³-hybridized carbons (Fsp3) is 0.174. The summed E-state index contributed by atoms with van der Waals surface area (Å²) in [6.07, 6.45) is 1.46. The Morgan fingerprint density at radius 3 is 2.66 bits per heavy atom. The zero-order valence-corrected chi connectivity index (χ0v) is 19.6. The molecule has 2 heterocycles. The van der Waals surface area contributed by atoms with Crippen LogP contribution >= 0.6 is 22.6 Å². The number of fused-ring (bicyclic) bond motifs is 1. The van der Waals surface area contributed by atoms with Gasteiger partial charge in [0.1, 0.15) is 11.6 Å². The number of anilines is 2. The molecule has 2 aromatic carbocycles. The topological polar surface area (TPSA) is 78.3 Å². The lowest BCUT2D eigenvalue weighted by Crippen LogP contribution is -2.06. The van der Waals surface area contributed by atoms with Crippen LogP contribution in [0.1, 0.15) is 22.8 Å². The standard InChI is InChI=1S/C23H20FIN4O3/c1-3-32-23(30)15-10-18-21(27-20-9-6-16(25)11-19(20)24)28-29(22(18)26-12-15)13-14-4-7-17(31-2)8-5-14/h4-12H,3,13H2,1-2H3,(H,27,28). The molecule has 0 saturated carbocycles. The Hall–Kier alpha value is -3.21. The average Bonchev–Trinajstić information content (AvgIpc) is 3.12. The highest BCUT2D eigenvalue weighted by Crippen LogP contribution is 2.28. The van der Waals surface area contributed by atoms with Crippen LogP contribution in [0.3, 0.4) is 0 Å². The van der Waals surface area contributed by atoms with Gasteiger partial charge in [0, 0.05) is 9.77 Å². The van der Waals surface area contributed by atoms with Gasteiger partial charge < -0.3 is 14.8 Å². The largest absolute Gasteiger partial charge is 0.497 e. The number of nitrogens with one attached hydrogen (secondary N) is 1. The summed E-state index contributed by atoms with van der Waals surface area (Å²) in [7, 11) is 1.61. The molecule has 9 heteroatoms. The number of hydrogen-bond donors (Lipinski definition) is 1. The van der Waals surface area contributed by atoms with Crippen LogP contribution in [0, 0.1) is 9.39 Å². The third kappa shape index (κ3) is 4.67. The fourth-order valence-corrected chi connectivity index (χ4v) is 3.66. The Morgan fingerprint density at radius 1 is 1.19 bits per heavy atom. The molecule has 0 aliphatic rings. The van der Waals surface area contributed by atoms with E-state index in [1.54, 1.807) is 36.9 Å². The van der Waals surface area contributed by atoms with Crippen molar-refractivity contribution < 1.29 is 18.7 Å². The van der Waals surface area contributed by atoms with Gasteiger partial charge in [0.05, 0.1) is 36.9 Å². The monoisotopic (exact) mass is 546 g/mol. The molecule has 7 nitrogen and oxygen atoms in total. The molecular formula is C23H20FIN4O3. The Labute approximate surface area is 197 Å². The minimum Gasteiger partial charge on any atom is -0.497 e. The summed E-state index contributed by atoms with van der Waals surface area (Å²) < 4.78 is 27.3. The van der Waals surface area contributed by atoms with E-state index in [4.69, 9.17) is 9.47 Å². The predicted octanol–water partition coefficient (Wildman–Crippen LogP) is 5.15. The van der Waals surface area contributed by atoms with Crippen molar-refractivity contribution in [3.8, 4) is 5.75 Å². The molecule has 0 saturated heterocycles. The molecule has 0 spiro atoms. The van der Waals surface area contributed by atoms with Gasteiger partial charge >= 0.3 is 5.97 Å². The second kappa shape index (κ2) is 9.51. The summed E-state index contributed by atoms with van der Waals surface area (Å²) in [5.74, 6) is 0.278. The molecule has 0 amide bonds. The number of hydrogen-bond acceptors (Lipinski definition) is 6. The predicted molar refractivity (Wildman–Crippen MR) is 128 cm³/mol. The average molecular weight is 546 g/mol. The Morgan fingerprint density at radius 2 is 1.97 bits per heavy atom. The van der Waals surface area contributed by atoms with Crippen LogP contribution in [-0.4, -0.2) is 34.5 Å². The van der Waals surface area contributed by atoms with Gasteiger partial charge in [-0.1, -0.05) is 12.1 Å². The van der Waals surface area contributed by atoms with Gasteiger partial charge in [-0.05, 0) is 71.5 Å². The molecule has 0 aliphatic carbocycles. The van der Waals surface area contributed by atoms with Crippen LogP contribution in [0.2, 0.25) is 0 Å². The van der Waals surface area contributed by atoms with Crippen molar-refractivity contribution in [2.24, 2.45) is 0 Å². The fourth-order valence-electron chi connectivity index (χ4n) is 3.21. The van der Waals surface area contributed by atoms with Crippen molar-refractivity contribution in [3.63, 3.8) is 0 Å². The summed E-state index contributed by atoms with van der Waals surface area (Å²) in [5.41, 5.74) is 2.12. The maximum atomic E-state index is 14.5. The van der Waals surface area contributed by atoms with E-state index >= 15 is 0 Å². The summed E-state index contributed by atoms with van der Waals surface area (Å²) in [5, 5.41) is 8.25. The van der Waals surface area contributed by atoms with Crippen molar-refractivity contribution in [3.05, 3.63) is 75.2 Å². The molecule has 0 atom stereocenters. The van der Waals surface area contributed by atoms with Gasteiger partial charge in [-0.25, -0.2) is 18.9 Å². The van der Waals surface area contributed by atoms with E-state index in [2.05, 4.69) is 38.0 Å². The molecule has 164 valence electrons. The molecule has 0 unspecified atom stereocenters. The molecule has 0 radical (unpaired) electrons. The van der Waals surface area contributed by atoms with E-state index in [-0.39, 0.29) is 12.3 Å². The SMILES string of the molecule is CCOC(=O)c1cnc2c(c1)c(Nc1ccc(I)cc1F)nn2Cc1ccc(OC)cc1. The number of halogens is 2. The van der Waals surface area contributed by atoms with Gasteiger partial charge in [0.2, 0.25) is 0 Å². The van der Waals surface area contributed by atoms with Gasteiger partial charge in [0.15, 0.2) is 11.5 Å². The number of carbonyl (C=O) groups is 1. The van der Waals surface area contributed by atoms with Crippen molar-refractivity contribution in [2.45, 2.75) is 13.5 Å². The third-order valence-corrected chi connectivity index (χ3v) is 5.44. The number of aromatic nitrogens is 3. The van der Waals surface area contributed by atoms with Gasteiger partial charge in [-0.3, -0.25) is 0 Å². The minimum atomic E-state index is -0.476. The molecule has 32 heavy (non-hydrogen) atoms. The first-order chi connectivity index (χ1) is 15.5. The normalized spacial score (nSPS) is 10.9. The van der Waals surface area contributed by atoms with Crippen molar-refractivity contribution >= 4 is 51.1 Å². The van der Waals surface area contributed by atoms with Gasteiger partial charge in [-0.2, -0.15) is 5.10 Å². The van der Waals surface area contributed by atoms with E-state index in [1.165, 1.54) is 12.3 Å². The Bertz CT molecular complexity index is 1270. The van der Waals surface area contributed by atoms with Crippen LogP contribution in [0.15, 0.2) is 54.7 Å². The second-order valence-electron chi connectivity index (χ2n) is 6.92. The van der Waals surface area contributed by atoms with Crippen molar-refractivity contribution in [2.75, 3.05) is 19.0 Å². The zero-order chi connectivity index (χ0) is 22.7. The number of pyridine rings is 1. The smallest absolute Gasteiger partial charge is 0.339 e. The number of esters is 1. The van der Waals surface area contributed by atoms with Gasteiger partial charge in [0.25, 0.3) is 0 Å². The zero-order valence-electron chi connectivity index (χ0n) is 17.4. The number of rotatable bonds is 7. The van der Waals surface area contributed by atoms with Crippen LogP contribution in [0.5, 0.6) is 5.75 Å². The Kier molecular flexibility index (Phi) is 6.54. The summed E-state index contributed by atoms with van der Waals surface area (Å²) in [6, 6.07) is 14.1. The highest BCUT2D eigenvalue weighted by Gasteiger charge is 2.17. The molecule has 0 fully saturated rings. The van der Waals surface area contributed by atoms with Crippen LogP contribution in [0.4, 0.5) is 15.9 Å². The maximum Gasteiger partial charge on any atom is 0.339 e. The molecule has 2 aromatic heterocycles. The van der Waals surface area contributed by atoms with Gasteiger partial charge in [-0.15, -0.1) is 0 Å². The molecule has 4 rings (SSSR count). The summed E-state index contributed by atoms with van der Waals surface area (Å²) in [4.78, 5) is 16.7. The summed E-state index contributed by atoms with van der Waals surface area (Å²) >= 11 is 2.05. The van der Waals surface area contributed by atoms with Crippen LogP contribution in [0.25, 0.3) is 11.0 Å². The van der Waals surface area contributed by atoms with Crippen molar-refractivity contribution in [1.29, 1.82) is 0 Å². The van der Waals surface area contributed by atoms with E-state index < -0.39 is 11.8 Å².